The van der Waals surface area contributed by atoms with Crippen molar-refractivity contribution in [2.45, 2.75) is 76.7 Å². The molecule has 2 saturated heterocycles. The summed E-state index contributed by atoms with van der Waals surface area (Å²) in [6, 6.07) is 27.2. The Bertz CT molecular complexity index is 2810. The van der Waals surface area contributed by atoms with Crippen molar-refractivity contribution in [1.82, 2.24) is 9.62 Å². The van der Waals surface area contributed by atoms with E-state index in [1.54, 1.807) is 66.7 Å². The van der Waals surface area contributed by atoms with Crippen LogP contribution in [0.2, 0.25) is 0 Å². The number of carboxylic acid groups (broad SMARTS) is 1. The molecule has 21 heteroatoms. The molecule has 0 bridgehead atoms. The quantitative estimate of drug-likeness (QED) is 0.0581. The molecule has 2 aliphatic heterocycles. The van der Waals surface area contributed by atoms with Gasteiger partial charge >= 0.3 is 17.8 Å². The number of thioether (sulfide) groups is 1. The first kappa shape index (κ1) is 50.1. The smallest absolute Gasteiger partial charge is 0.465 e. The number of hydrogen-bond donors (Lipinski definition) is 4. The van der Waals surface area contributed by atoms with Gasteiger partial charge < -0.3 is 25.3 Å². The molecule has 5 aromatic carbocycles. The minimum absolute atomic E-state index is 0.0973. The summed E-state index contributed by atoms with van der Waals surface area (Å²) in [6.45, 7) is 1.21. The Labute approximate surface area is 393 Å². The van der Waals surface area contributed by atoms with Crippen LogP contribution in [0.4, 0.5) is 42.5 Å². The van der Waals surface area contributed by atoms with Gasteiger partial charge in [-0.25, -0.2) is 26.4 Å². The number of carbonyl (C=O) groups excluding carboxylic acids is 1. The summed E-state index contributed by atoms with van der Waals surface area (Å²) in [5.74, 6) is -1.18. The van der Waals surface area contributed by atoms with Crippen molar-refractivity contribution in [3.63, 3.8) is 0 Å². The normalized spacial score (nSPS) is 17.1. The van der Waals surface area contributed by atoms with Crippen molar-refractivity contribution in [3.05, 3.63) is 138 Å². The molecule has 12 nitrogen and oxygen atoms in total. The minimum atomic E-state index is -6.19. The van der Waals surface area contributed by atoms with Gasteiger partial charge in [0.15, 0.2) is 0 Å². The van der Waals surface area contributed by atoms with Gasteiger partial charge in [-0.3, -0.25) is 4.79 Å². The topological polar surface area (TPSA) is 173 Å². The molecule has 0 saturated carbocycles. The SMILES string of the molecule is O=C(NS(=O)(=O)c1ccc(N[C@@H](CSc2ccccc2)C[C@H]2CCCN2C(=O)O)c(S(=O)(=O)C(F)(F)F)c1)c1ccc(N2CCC([C@@H](O)c3ccccc3-c3ccc(C(F)(F)F)cc3)CC2)cc1. The molecule has 0 aliphatic carbocycles. The lowest BCUT2D eigenvalue weighted by molar-refractivity contribution is -0.137. The van der Waals surface area contributed by atoms with Crippen LogP contribution in [0.5, 0.6) is 0 Å². The monoisotopic (exact) mass is 1000 g/mol. The fraction of sp³-hybridized carbons (Fsp3) is 0.319. The maximum Gasteiger partial charge on any atom is 0.501 e. The third-order valence-electron chi connectivity index (χ3n) is 12.1. The molecule has 2 heterocycles. The van der Waals surface area contributed by atoms with Crippen molar-refractivity contribution >= 4 is 55.0 Å². The Morgan fingerprint density at radius 3 is 2.06 bits per heavy atom. The minimum Gasteiger partial charge on any atom is -0.465 e. The largest absolute Gasteiger partial charge is 0.501 e. The van der Waals surface area contributed by atoms with Crippen molar-refractivity contribution < 1.29 is 63.0 Å². The van der Waals surface area contributed by atoms with Crippen LogP contribution in [0.3, 0.4) is 0 Å². The first-order valence-corrected chi connectivity index (χ1v) is 25.3. The average molecular weight is 1010 g/mol. The van der Waals surface area contributed by atoms with E-state index in [1.165, 1.54) is 40.9 Å². The van der Waals surface area contributed by atoms with Gasteiger partial charge in [-0.05, 0) is 121 Å². The number of nitrogens with one attached hydrogen (secondary N) is 2. The summed E-state index contributed by atoms with van der Waals surface area (Å²) in [5, 5.41) is 24.0. The van der Waals surface area contributed by atoms with Gasteiger partial charge in [0, 0.05) is 53.6 Å². The summed E-state index contributed by atoms with van der Waals surface area (Å²) in [5.41, 5.74) is -4.96. The average Bonchev–Trinajstić information content (AvgIpc) is 3.79. The van der Waals surface area contributed by atoms with Gasteiger partial charge in [0.25, 0.3) is 25.8 Å². The highest BCUT2D eigenvalue weighted by molar-refractivity contribution is 7.99. The van der Waals surface area contributed by atoms with Crippen LogP contribution in [0.15, 0.2) is 136 Å². The van der Waals surface area contributed by atoms with E-state index >= 15 is 0 Å². The zero-order chi connectivity index (χ0) is 49.0. The molecule has 4 N–H and O–H groups in total. The molecule has 362 valence electrons. The van der Waals surface area contributed by atoms with Gasteiger partial charge in [-0.15, -0.1) is 11.8 Å². The van der Waals surface area contributed by atoms with Gasteiger partial charge in [0.05, 0.1) is 22.3 Å². The fourth-order valence-corrected chi connectivity index (χ4v) is 11.5. The second-order valence-corrected chi connectivity index (χ2v) is 21.2. The van der Waals surface area contributed by atoms with E-state index in [0.29, 0.717) is 67.2 Å². The highest BCUT2D eigenvalue weighted by Crippen LogP contribution is 2.40. The van der Waals surface area contributed by atoms with E-state index in [-0.39, 0.29) is 30.2 Å². The van der Waals surface area contributed by atoms with E-state index in [1.807, 2.05) is 9.62 Å². The van der Waals surface area contributed by atoms with Gasteiger partial charge in [-0.1, -0.05) is 54.6 Å². The van der Waals surface area contributed by atoms with Gasteiger partial charge in [-0.2, -0.15) is 26.3 Å². The fourth-order valence-electron chi connectivity index (χ4n) is 8.55. The number of alkyl halides is 6. The summed E-state index contributed by atoms with van der Waals surface area (Å²) in [4.78, 5) is 26.9. The van der Waals surface area contributed by atoms with Crippen molar-refractivity contribution in [3.8, 4) is 11.1 Å². The van der Waals surface area contributed by atoms with E-state index in [9.17, 15) is 63.0 Å². The molecular weight excluding hydrogens is 959 g/mol. The molecule has 0 radical (unpaired) electrons. The second-order valence-electron chi connectivity index (χ2n) is 16.5. The number of rotatable bonds is 15. The lowest BCUT2D eigenvalue weighted by Crippen LogP contribution is -2.39. The number of sulfonamides is 1. The standard InChI is InChI=1S/C47H46F6N4O8S3/c48-46(49,50)33-16-12-30(13-17-33)39-10-4-5-11-40(39)43(58)31-22-25-56(26-23-31)35-18-14-32(15-19-35)44(59)55-68(64,65)38-20-21-41(42(28-38)67(62,63)47(51,52)53)54-34(29-66-37-8-2-1-3-9-37)27-36-7-6-24-57(36)45(60)61/h1-5,8-21,28,31,34,36,43,54,58H,6-7,22-27,29H2,(H,55,59)(H,60,61)/t34-,36-,43-/m1/s1. The molecule has 0 unspecified atom stereocenters. The number of benzene rings is 5. The van der Waals surface area contributed by atoms with E-state index < -0.39 is 82.8 Å². The summed E-state index contributed by atoms with van der Waals surface area (Å²) in [7, 11) is -11.2. The van der Waals surface area contributed by atoms with Crippen LogP contribution in [0.25, 0.3) is 11.1 Å². The maximum atomic E-state index is 14.2. The number of nitrogens with zero attached hydrogens (tertiary/aromatic N) is 2. The molecule has 2 aliphatic rings. The van der Waals surface area contributed by atoms with Gasteiger partial charge in [0.2, 0.25) is 0 Å². The molecule has 0 spiro atoms. The summed E-state index contributed by atoms with van der Waals surface area (Å²) < 4.78 is 137. The predicted octanol–water partition coefficient (Wildman–Crippen LogP) is 9.84. The summed E-state index contributed by atoms with van der Waals surface area (Å²) >= 11 is 1.30. The number of aliphatic hydroxyl groups is 1. The predicted molar refractivity (Wildman–Crippen MR) is 245 cm³/mol. The Hall–Kier alpha value is -5.77. The first-order chi connectivity index (χ1) is 32.1. The van der Waals surface area contributed by atoms with Crippen LogP contribution in [0.1, 0.15) is 59.7 Å². The van der Waals surface area contributed by atoms with Gasteiger partial charge in [0.1, 0.15) is 4.90 Å². The molecule has 7 rings (SSSR count). The maximum absolute atomic E-state index is 14.2. The molecule has 3 atom stereocenters. The number of aliphatic hydroxyl groups excluding tert-OH is 1. The lowest BCUT2D eigenvalue weighted by atomic mass is 9.84. The van der Waals surface area contributed by atoms with Crippen LogP contribution in [-0.2, 0) is 26.0 Å². The van der Waals surface area contributed by atoms with Crippen LogP contribution >= 0.6 is 11.8 Å². The highest BCUT2D eigenvalue weighted by atomic mass is 32.2. The Balaban J connectivity index is 1.03. The van der Waals surface area contributed by atoms with E-state index in [2.05, 4.69) is 5.32 Å². The zero-order valence-corrected chi connectivity index (χ0v) is 38.4. The molecule has 0 aromatic heterocycles. The molecule has 2 fully saturated rings. The number of anilines is 2. The number of likely N-dealkylation sites (tertiary alicyclic amines) is 1. The van der Waals surface area contributed by atoms with Crippen LogP contribution < -0.4 is 14.9 Å². The van der Waals surface area contributed by atoms with E-state index in [0.717, 1.165) is 29.2 Å². The third kappa shape index (κ3) is 11.6. The van der Waals surface area contributed by atoms with E-state index in [4.69, 9.17) is 0 Å². The summed E-state index contributed by atoms with van der Waals surface area (Å²) in [6.07, 6.45) is -4.41. The highest BCUT2D eigenvalue weighted by Gasteiger charge is 2.49. The lowest BCUT2D eigenvalue weighted by Gasteiger charge is -2.36. The van der Waals surface area contributed by atoms with Crippen molar-refractivity contribution in [1.29, 1.82) is 0 Å². The number of piperidine rings is 1. The molecular formula is C47H46F6N4O8S3. The van der Waals surface area contributed by atoms with Crippen molar-refractivity contribution in [2.75, 3.05) is 35.6 Å². The second kappa shape index (κ2) is 20.4. The Morgan fingerprint density at radius 2 is 1.43 bits per heavy atom. The first-order valence-electron chi connectivity index (χ1n) is 21.4. The zero-order valence-electron chi connectivity index (χ0n) is 36.0. The number of sulfone groups is 1. The molecule has 2 amide bonds. The van der Waals surface area contributed by atoms with Crippen molar-refractivity contribution in [2.24, 2.45) is 5.92 Å². The number of carbonyl (C=O) groups is 2. The molecule has 5 aromatic rings. The van der Waals surface area contributed by atoms with Crippen LogP contribution in [0, 0.1) is 5.92 Å². The molecule has 68 heavy (non-hydrogen) atoms. The Morgan fingerprint density at radius 1 is 0.779 bits per heavy atom. The number of hydrogen-bond acceptors (Lipinski definition) is 10. The number of halogens is 6. The number of amides is 2. The van der Waals surface area contributed by atoms with Crippen LogP contribution in [-0.4, -0.2) is 86.9 Å². The third-order valence-corrected chi connectivity index (χ3v) is 16.1. The Kier molecular flexibility index (Phi) is 15.1.